The van der Waals surface area contributed by atoms with Crippen LogP contribution in [0.2, 0.25) is 0 Å². The van der Waals surface area contributed by atoms with Crippen LogP contribution in [0.3, 0.4) is 0 Å². The van der Waals surface area contributed by atoms with Crippen molar-refractivity contribution in [3.8, 4) is 11.1 Å². The van der Waals surface area contributed by atoms with Gasteiger partial charge in [0.25, 0.3) is 0 Å². The molecule has 130 valence electrons. The summed E-state index contributed by atoms with van der Waals surface area (Å²) in [4.78, 5) is 2.73. The zero-order chi connectivity index (χ0) is 18.3. The van der Waals surface area contributed by atoms with Crippen molar-refractivity contribution in [2.45, 2.75) is 18.5 Å². The SMILES string of the molecule is FC(F)(F)c1ccc(-c2ccnc(C(F)(F)F)c2C(F)(F)F)cc1. The lowest BCUT2D eigenvalue weighted by molar-refractivity contribution is -0.164. The van der Waals surface area contributed by atoms with Crippen molar-refractivity contribution in [1.29, 1.82) is 0 Å². The Morgan fingerprint density at radius 2 is 1.17 bits per heavy atom. The monoisotopic (exact) mass is 359 g/mol. The van der Waals surface area contributed by atoms with Crippen LogP contribution in [0.5, 0.6) is 0 Å². The fraction of sp³-hybridized carbons (Fsp3) is 0.214. The normalized spacial score (nSPS) is 13.2. The third kappa shape index (κ3) is 3.62. The molecule has 2 rings (SSSR count). The molecular weight excluding hydrogens is 353 g/mol. The molecule has 0 spiro atoms. The number of hydrogen-bond donors (Lipinski definition) is 0. The molecule has 1 heterocycles. The van der Waals surface area contributed by atoms with Gasteiger partial charge in [0.1, 0.15) is 0 Å². The van der Waals surface area contributed by atoms with Gasteiger partial charge < -0.3 is 0 Å². The Bertz CT molecular complexity index is 724. The van der Waals surface area contributed by atoms with E-state index in [2.05, 4.69) is 4.98 Å². The molecule has 1 aromatic carbocycles. The topological polar surface area (TPSA) is 12.9 Å². The Hall–Kier alpha value is -2.26. The molecule has 0 bridgehead atoms. The number of rotatable bonds is 1. The molecule has 0 radical (unpaired) electrons. The second kappa shape index (κ2) is 5.67. The van der Waals surface area contributed by atoms with Gasteiger partial charge in [-0.15, -0.1) is 0 Å². The number of hydrogen-bond acceptors (Lipinski definition) is 1. The van der Waals surface area contributed by atoms with Crippen molar-refractivity contribution in [2.24, 2.45) is 0 Å². The van der Waals surface area contributed by atoms with Crippen molar-refractivity contribution in [3.05, 3.63) is 53.3 Å². The highest BCUT2D eigenvalue weighted by Gasteiger charge is 2.46. The van der Waals surface area contributed by atoms with Gasteiger partial charge in [-0.1, -0.05) is 12.1 Å². The molecule has 1 nitrogen and oxygen atoms in total. The molecule has 10 heteroatoms. The van der Waals surface area contributed by atoms with Gasteiger partial charge in [-0.3, -0.25) is 4.98 Å². The molecule has 0 atom stereocenters. The van der Waals surface area contributed by atoms with Crippen molar-refractivity contribution in [1.82, 2.24) is 4.98 Å². The molecule has 24 heavy (non-hydrogen) atoms. The quantitative estimate of drug-likeness (QED) is 0.586. The Morgan fingerprint density at radius 3 is 1.58 bits per heavy atom. The van der Waals surface area contributed by atoms with E-state index in [1.807, 2.05) is 0 Å². The van der Waals surface area contributed by atoms with Crippen LogP contribution in [0.15, 0.2) is 36.5 Å². The van der Waals surface area contributed by atoms with Gasteiger partial charge in [0, 0.05) is 6.20 Å². The Balaban J connectivity index is 2.67. The molecule has 0 unspecified atom stereocenters. The molecule has 0 fully saturated rings. The average Bonchev–Trinajstić information content (AvgIpc) is 2.44. The van der Waals surface area contributed by atoms with Crippen LogP contribution in [-0.4, -0.2) is 4.98 Å². The lowest BCUT2D eigenvalue weighted by Crippen LogP contribution is -2.19. The minimum Gasteiger partial charge on any atom is -0.251 e. The van der Waals surface area contributed by atoms with Crippen LogP contribution in [0, 0.1) is 0 Å². The summed E-state index contributed by atoms with van der Waals surface area (Å²) in [6.45, 7) is 0. The molecule has 2 aromatic rings. The maximum absolute atomic E-state index is 13.1. The molecule has 0 aliphatic carbocycles. The predicted molar refractivity (Wildman–Crippen MR) is 64.7 cm³/mol. The van der Waals surface area contributed by atoms with Crippen molar-refractivity contribution in [3.63, 3.8) is 0 Å². The van der Waals surface area contributed by atoms with Gasteiger partial charge in [-0.2, -0.15) is 39.5 Å². The molecule has 0 saturated carbocycles. The Kier molecular flexibility index (Phi) is 4.28. The predicted octanol–water partition coefficient (Wildman–Crippen LogP) is 5.81. The zero-order valence-electron chi connectivity index (χ0n) is 11.3. The van der Waals surface area contributed by atoms with E-state index >= 15 is 0 Å². The fourth-order valence-electron chi connectivity index (χ4n) is 2.04. The third-order valence-corrected chi connectivity index (χ3v) is 3.03. The van der Waals surface area contributed by atoms with Crippen molar-refractivity contribution in [2.75, 3.05) is 0 Å². The maximum atomic E-state index is 13.1. The third-order valence-electron chi connectivity index (χ3n) is 3.03. The summed E-state index contributed by atoms with van der Waals surface area (Å²) in [6.07, 6.45) is -15.0. The number of pyridine rings is 1. The summed E-state index contributed by atoms with van der Waals surface area (Å²) >= 11 is 0. The van der Waals surface area contributed by atoms with E-state index in [0.717, 1.165) is 0 Å². The first-order chi connectivity index (χ1) is 10.8. The number of benzene rings is 1. The Labute approximate surface area is 128 Å². The largest absolute Gasteiger partial charge is 0.433 e. The van der Waals surface area contributed by atoms with Gasteiger partial charge in [0.05, 0.1) is 11.1 Å². The zero-order valence-corrected chi connectivity index (χ0v) is 11.3. The summed E-state index contributed by atoms with van der Waals surface area (Å²) in [5.41, 5.74) is -6.67. The maximum Gasteiger partial charge on any atom is 0.433 e. The molecule has 1 aromatic heterocycles. The number of alkyl halides is 9. The second-order valence-electron chi connectivity index (χ2n) is 4.65. The van der Waals surface area contributed by atoms with Gasteiger partial charge in [-0.25, -0.2) is 0 Å². The molecule has 0 aliphatic rings. The molecule has 0 amide bonds. The minimum absolute atomic E-state index is 0.441. The highest BCUT2D eigenvalue weighted by Crippen LogP contribution is 2.44. The first kappa shape index (κ1) is 18.1. The van der Waals surface area contributed by atoms with Crippen LogP contribution in [0.25, 0.3) is 11.1 Å². The summed E-state index contributed by atoms with van der Waals surface area (Å²) in [7, 11) is 0. The minimum atomic E-state index is -5.39. The van der Waals surface area contributed by atoms with Crippen LogP contribution < -0.4 is 0 Å². The summed E-state index contributed by atoms with van der Waals surface area (Å²) < 4.78 is 115. The number of nitrogens with zero attached hydrogens (tertiary/aromatic N) is 1. The van der Waals surface area contributed by atoms with E-state index in [1.165, 1.54) is 0 Å². The van der Waals surface area contributed by atoms with Gasteiger partial charge >= 0.3 is 18.5 Å². The van der Waals surface area contributed by atoms with Crippen LogP contribution in [0.1, 0.15) is 16.8 Å². The standard InChI is InChI=1S/C14H6F9N/c15-12(16,17)8-3-1-7(2-4-8)9-5-6-24-11(14(21,22)23)10(9)13(18,19)20/h1-6H. The van der Waals surface area contributed by atoms with Crippen LogP contribution in [-0.2, 0) is 18.5 Å². The summed E-state index contributed by atoms with van der Waals surface area (Å²) in [5.74, 6) is 0. The highest BCUT2D eigenvalue weighted by molar-refractivity contribution is 5.69. The number of halogens is 9. The fourth-order valence-corrected chi connectivity index (χ4v) is 2.04. The molecule has 0 N–H and O–H groups in total. The average molecular weight is 359 g/mol. The van der Waals surface area contributed by atoms with E-state index in [-0.39, 0.29) is 0 Å². The molecular formula is C14H6F9N. The second-order valence-corrected chi connectivity index (χ2v) is 4.65. The summed E-state index contributed by atoms with van der Waals surface area (Å²) in [5, 5.41) is 0. The smallest absolute Gasteiger partial charge is 0.251 e. The number of aromatic nitrogens is 1. The Morgan fingerprint density at radius 1 is 0.625 bits per heavy atom. The van der Waals surface area contributed by atoms with Gasteiger partial charge in [0.2, 0.25) is 0 Å². The van der Waals surface area contributed by atoms with E-state index in [9.17, 15) is 39.5 Å². The summed E-state index contributed by atoms with van der Waals surface area (Å²) in [6, 6.07) is 2.99. The van der Waals surface area contributed by atoms with Crippen molar-refractivity contribution < 1.29 is 39.5 Å². The van der Waals surface area contributed by atoms with Crippen LogP contribution >= 0.6 is 0 Å². The van der Waals surface area contributed by atoms with E-state index < -0.39 is 46.5 Å². The van der Waals surface area contributed by atoms with Crippen molar-refractivity contribution >= 4 is 0 Å². The van der Waals surface area contributed by atoms with E-state index in [0.29, 0.717) is 36.5 Å². The molecule has 0 aliphatic heterocycles. The van der Waals surface area contributed by atoms with Crippen LogP contribution in [0.4, 0.5) is 39.5 Å². The molecule has 0 saturated heterocycles. The van der Waals surface area contributed by atoms with E-state index in [4.69, 9.17) is 0 Å². The lowest BCUT2D eigenvalue weighted by Gasteiger charge is -2.18. The lowest BCUT2D eigenvalue weighted by atomic mass is 9.97. The highest BCUT2D eigenvalue weighted by atomic mass is 19.4. The van der Waals surface area contributed by atoms with E-state index in [1.54, 1.807) is 0 Å². The van der Waals surface area contributed by atoms with Gasteiger partial charge in [0.15, 0.2) is 5.69 Å². The first-order valence-electron chi connectivity index (χ1n) is 6.13. The first-order valence-corrected chi connectivity index (χ1v) is 6.13. The van der Waals surface area contributed by atoms with Gasteiger partial charge in [-0.05, 0) is 29.3 Å².